The van der Waals surface area contributed by atoms with Gasteiger partial charge in [0.15, 0.2) is 0 Å². The lowest BCUT2D eigenvalue weighted by Crippen LogP contribution is -2.39. The number of nitrogens with zero attached hydrogens (tertiary/aromatic N) is 1. The molecule has 0 bridgehead atoms. The fourth-order valence-corrected chi connectivity index (χ4v) is 3.81. The molecular formula is C15H22N2O2S. The van der Waals surface area contributed by atoms with Crippen molar-refractivity contribution in [2.24, 2.45) is 0 Å². The van der Waals surface area contributed by atoms with Crippen LogP contribution in [0.15, 0.2) is 24.3 Å². The Bertz CT molecular complexity index is 459. The van der Waals surface area contributed by atoms with E-state index in [-0.39, 0.29) is 10.6 Å². The lowest BCUT2D eigenvalue weighted by Gasteiger charge is -2.36. The van der Waals surface area contributed by atoms with E-state index in [4.69, 9.17) is 0 Å². The van der Waals surface area contributed by atoms with Crippen LogP contribution in [-0.4, -0.2) is 22.5 Å². The van der Waals surface area contributed by atoms with E-state index in [1.807, 2.05) is 17.8 Å². The highest BCUT2D eigenvalue weighted by atomic mass is 32.2. The van der Waals surface area contributed by atoms with E-state index in [1.54, 1.807) is 12.1 Å². The molecule has 0 aromatic heterocycles. The molecule has 0 aliphatic heterocycles. The van der Waals surface area contributed by atoms with Crippen LogP contribution >= 0.6 is 11.8 Å². The molecular weight excluding hydrogens is 272 g/mol. The number of hydrogen-bond acceptors (Lipinski definition) is 4. The van der Waals surface area contributed by atoms with Crippen LogP contribution in [0.25, 0.3) is 0 Å². The first-order valence-electron chi connectivity index (χ1n) is 7.14. The summed E-state index contributed by atoms with van der Waals surface area (Å²) < 4.78 is 0.360. The third-order valence-electron chi connectivity index (χ3n) is 4.10. The van der Waals surface area contributed by atoms with Crippen molar-refractivity contribution in [2.45, 2.75) is 43.4 Å². The minimum Gasteiger partial charge on any atom is -0.311 e. The second-order valence-electron chi connectivity index (χ2n) is 5.48. The summed E-state index contributed by atoms with van der Waals surface area (Å²) in [5, 5.41) is 14.2. The van der Waals surface area contributed by atoms with Gasteiger partial charge in [0.2, 0.25) is 0 Å². The smallest absolute Gasteiger partial charge is 0.269 e. The molecule has 1 fully saturated rings. The number of nitro groups is 1. The number of nitrogens with one attached hydrogen (secondary N) is 1. The topological polar surface area (TPSA) is 55.2 Å². The average molecular weight is 294 g/mol. The zero-order chi connectivity index (χ0) is 14.4. The number of nitro benzene ring substituents is 1. The van der Waals surface area contributed by atoms with Crippen molar-refractivity contribution in [2.75, 3.05) is 12.8 Å². The van der Waals surface area contributed by atoms with E-state index >= 15 is 0 Å². The van der Waals surface area contributed by atoms with Gasteiger partial charge in [-0.15, -0.1) is 0 Å². The van der Waals surface area contributed by atoms with E-state index in [1.165, 1.54) is 38.2 Å². The third kappa shape index (κ3) is 3.96. The van der Waals surface area contributed by atoms with Crippen LogP contribution in [0.4, 0.5) is 5.69 Å². The maximum absolute atomic E-state index is 10.8. The molecule has 1 aromatic carbocycles. The molecule has 20 heavy (non-hydrogen) atoms. The van der Waals surface area contributed by atoms with Gasteiger partial charge in [-0.3, -0.25) is 10.1 Å². The summed E-state index contributed by atoms with van der Waals surface area (Å²) in [6, 6.07) is 6.88. The summed E-state index contributed by atoms with van der Waals surface area (Å²) in [7, 11) is 0. The van der Waals surface area contributed by atoms with Gasteiger partial charge in [0.25, 0.3) is 5.69 Å². The molecule has 0 atom stereocenters. The molecule has 5 heteroatoms. The highest BCUT2D eigenvalue weighted by molar-refractivity contribution is 8.00. The average Bonchev–Trinajstić information content (AvgIpc) is 2.48. The van der Waals surface area contributed by atoms with Crippen LogP contribution < -0.4 is 5.32 Å². The molecule has 0 heterocycles. The SMILES string of the molecule is CSC1(CNCc2cccc([N+](=O)[O-])c2)CCCCC1. The van der Waals surface area contributed by atoms with E-state index < -0.39 is 0 Å². The van der Waals surface area contributed by atoms with Gasteiger partial charge in [-0.25, -0.2) is 0 Å². The fourth-order valence-electron chi connectivity index (χ4n) is 2.86. The molecule has 2 rings (SSSR count). The number of hydrogen-bond donors (Lipinski definition) is 1. The summed E-state index contributed by atoms with van der Waals surface area (Å²) in [4.78, 5) is 10.4. The number of rotatable bonds is 6. The first-order valence-corrected chi connectivity index (χ1v) is 8.37. The van der Waals surface area contributed by atoms with E-state index in [0.29, 0.717) is 11.3 Å². The quantitative estimate of drug-likeness (QED) is 0.641. The van der Waals surface area contributed by atoms with Gasteiger partial charge in [0.05, 0.1) is 4.92 Å². The molecule has 1 aliphatic carbocycles. The van der Waals surface area contributed by atoms with Crippen molar-refractivity contribution in [3.05, 3.63) is 39.9 Å². The van der Waals surface area contributed by atoms with Crippen molar-refractivity contribution in [1.29, 1.82) is 0 Å². The Morgan fingerprint density at radius 3 is 2.75 bits per heavy atom. The first kappa shape index (κ1) is 15.3. The van der Waals surface area contributed by atoms with Crippen LogP contribution in [0.2, 0.25) is 0 Å². The molecule has 0 spiro atoms. The summed E-state index contributed by atoms with van der Waals surface area (Å²) >= 11 is 1.97. The second kappa shape index (κ2) is 7.09. The predicted molar refractivity (Wildman–Crippen MR) is 84.1 cm³/mol. The molecule has 1 saturated carbocycles. The van der Waals surface area contributed by atoms with Crippen molar-refractivity contribution in [3.63, 3.8) is 0 Å². The van der Waals surface area contributed by atoms with E-state index in [0.717, 1.165) is 12.1 Å². The standard InChI is InChI=1S/C15H22N2O2S/c1-20-15(8-3-2-4-9-15)12-16-11-13-6-5-7-14(10-13)17(18)19/h5-7,10,16H,2-4,8-9,11-12H2,1H3. The van der Waals surface area contributed by atoms with Gasteiger partial charge in [0.1, 0.15) is 0 Å². The van der Waals surface area contributed by atoms with Gasteiger partial charge >= 0.3 is 0 Å². The minimum absolute atomic E-state index is 0.168. The van der Waals surface area contributed by atoms with Gasteiger partial charge in [-0.05, 0) is 24.7 Å². The molecule has 4 nitrogen and oxygen atoms in total. The number of benzene rings is 1. The summed E-state index contributed by atoms with van der Waals surface area (Å²) in [5.41, 5.74) is 1.15. The largest absolute Gasteiger partial charge is 0.311 e. The zero-order valence-corrected chi connectivity index (χ0v) is 12.7. The predicted octanol–water partition coefficient (Wildman–Crippen LogP) is 3.75. The monoisotopic (exact) mass is 294 g/mol. The maximum Gasteiger partial charge on any atom is 0.269 e. The van der Waals surface area contributed by atoms with Crippen LogP contribution in [0.3, 0.4) is 0 Å². The van der Waals surface area contributed by atoms with Crippen molar-refractivity contribution >= 4 is 17.4 Å². The van der Waals surface area contributed by atoms with Crippen LogP contribution in [0.1, 0.15) is 37.7 Å². The molecule has 1 aromatic rings. The Kier molecular flexibility index (Phi) is 5.43. The van der Waals surface area contributed by atoms with Crippen molar-refractivity contribution < 1.29 is 4.92 Å². The molecule has 1 aliphatic rings. The molecule has 0 radical (unpaired) electrons. The van der Waals surface area contributed by atoms with Gasteiger partial charge in [-0.2, -0.15) is 11.8 Å². The normalized spacial score (nSPS) is 17.9. The van der Waals surface area contributed by atoms with Crippen LogP contribution in [0.5, 0.6) is 0 Å². The minimum atomic E-state index is -0.339. The van der Waals surface area contributed by atoms with Crippen LogP contribution in [-0.2, 0) is 6.54 Å². The van der Waals surface area contributed by atoms with Gasteiger partial charge < -0.3 is 5.32 Å². The third-order valence-corrected chi connectivity index (χ3v) is 5.51. The Labute approximate surface area is 124 Å². The van der Waals surface area contributed by atoms with Gasteiger partial charge in [0, 0.05) is 30.0 Å². The number of non-ortho nitro benzene ring substituents is 1. The highest BCUT2D eigenvalue weighted by Crippen LogP contribution is 2.37. The fraction of sp³-hybridized carbons (Fsp3) is 0.600. The summed E-state index contributed by atoms with van der Waals surface area (Å²) in [6.07, 6.45) is 8.73. The van der Waals surface area contributed by atoms with E-state index in [2.05, 4.69) is 11.6 Å². The number of thioether (sulfide) groups is 1. The Morgan fingerprint density at radius 2 is 2.10 bits per heavy atom. The van der Waals surface area contributed by atoms with Crippen molar-refractivity contribution in [1.82, 2.24) is 5.32 Å². The molecule has 0 saturated heterocycles. The lowest BCUT2D eigenvalue weighted by atomic mass is 9.88. The summed E-state index contributed by atoms with van der Waals surface area (Å²) in [6.45, 7) is 1.68. The Balaban J connectivity index is 1.88. The zero-order valence-electron chi connectivity index (χ0n) is 11.9. The maximum atomic E-state index is 10.8. The molecule has 0 amide bonds. The molecule has 1 N–H and O–H groups in total. The molecule has 110 valence electrons. The lowest BCUT2D eigenvalue weighted by molar-refractivity contribution is -0.384. The van der Waals surface area contributed by atoms with Crippen LogP contribution in [0, 0.1) is 10.1 Å². The van der Waals surface area contributed by atoms with Gasteiger partial charge in [-0.1, -0.05) is 31.4 Å². The first-order chi connectivity index (χ1) is 9.65. The van der Waals surface area contributed by atoms with E-state index in [9.17, 15) is 10.1 Å². The van der Waals surface area contributed by atoms with Crippen molar-refractivity contribution in [3.8, 4) is 0 Å². The summed E-state index contributed by atoms with van der Waals surface area (Å²) in [5.74, 6) is 0. The Morgan fingerprint density at radius 1 is 1.35 bits per heavy atom. The molecule has 0 unspecified atom stereocenters. The second-order valence-corrected chi connectivity index (χ2v) is 6.75. The Hall–Kier alpha value is -1.07. The highest BCUT2D eigenvalue weighted by Gasteiger charge is 2.30.